The van der Waals surface area contributed by atoms with Crippen LogP contribution in [0, 0.1) is 5.92 Å². The number of sulfonamides is 1. The van der Waals surface area contributed by atoms with E-state index in [0.29, 0.717) is 24.6 Å². The molecule has 2 rings (SSSR count). The molecule has 0 aliphatic carbocycles. The number of hydrogen-bond acceptors (Lipinski definition) is 3. The average Bonchev–Trinajstić information content (AvgIpc) is 3.02. The lowest BCUT2D eigenvalue weighted by Gasteiger charge is -2.18. The Labute approximate surface area is 132 Å². The van der Waals surface area contributed by atoms with Gasteiger partial charge < -0.3 is 5.32 Å². The van der Waals surface area contributed by atoms with Crippen LogP contribution < -0.4 is 5.32 Å². The minimum absolute atomic E-state index is 0.0699. The van der Waals surface area contributed by atoms with Crippen LogP contribution in [0.25, 0.3) is 0 Å². The summed E-state index contributed by atoms with van der Waals surface area (Å²) < 4.78 is 26.3. The first-order chi connectivity index (χ1) is 10.3. The standard InChI is InChI=1S/C16H24N2O3S/c1-12(2)13(3)17-16(19)14-6-8-15(9-7-14)22(20,21)18-10-4-5-11-18/h6-9,12-13H,4-5,10-11H2,1-3H3,(H,17,19)/t13-/m0/s1. The van der Waals surface area contributed by atoms with E-state index < -0.39 is 10.0 Å². The largest absolute Gasteiger partial charge is 0.349 e. The summed E-state index contributed by atoms with van der Waals surface area (Å²) >= 11 is 0. The summed E-state index contributed by atoms with van der Waals surface area (Å²) in [5.74, 6) is 0.171. The molecule has 1 aliphatic rings. The van der Waals surface area contributed by atoms with Crippen molar-refractivity contribution in [2.75, 3.05) is 13.1 Å². The van der Waals surface area contributed by atoms with E-state index in [1.807, 2.05) is 20.8 Å². The SMILES string of the molecule is CC(C)[C@H](C)NC(=O)c1ccc(S(=O)(=O)N2CCCC2)cc1. The van der Waals surface area contributed by atoms with Gasteiger partial charge in [0.25, 0.3) is 5.91 Å². The zero-order valence-corrected chi connectivity index (χ0v) is 14.2. The third-order valence-corrected chi connectivity index (χ3v) is 6.09. The second-order valence-corrected chi connectivity index (χ2v) is 8.08. The molecule has 122 valence electrons. The molecule has 0 aromatic heterocycles. The molecule has 0 unspecified atom stereocenters. The Balaban J connectivity index is 2.11. The van der Waals surface area contributed by atoms with Crippen LogP contribution in [0.15, 0.2) is 29.2 Å². The summed E-state index contributed by atoms with van der Waals surface area (Å²) in [5, 5.41) is 2.91. The number of hydrogen-bond donors (Lipinski definition) is 1. The maximum absolute atomic E-state index is 12.4. The lowest BCUT2D eigenvalue weighted by atomic mass is 10.1. The third kappa shape index (κ3) is 3.67. The van der Waals surface area contributed by atoms with Gasteiger partial charge in [0.05, 0.1) is 4.90 Å². The Bertz CT molecular complexity index is 617. The molecule has 0 spiro atoms. The molecule has 0 bridgehead atoms. The van der Waals surface area contributed by atoms with Gasteiger partial charge in [0.2, 0.25) is 10.0 Å². The van der Waals surface area contributed by atoms with Crippen LogP contribution in [0.1, 0.15) is 44.0 Å². The van der Waals surface area contributed by atoms with Gasteiger partial charge in [0.1, 0.15) is 0 Å². The van der Waals surface area contributed by atoms with Crippen molar-refractivity contribution in [3.8, 4) is 0 Å². The van der Waals surface area contributed by atoms with Gasteiger partial charge in [-0.2, -0.15) is 4.31 Å². The summed E-state index contributed by atoms with van der Waals surface area (Å²) in [7, 11) is -3.42. The second kappa shape index (κ2) is 6.79. The van der Waals surface area contributed by atoms with Crippen LogP contribution in [-0.2, 0) is 10.0 Å². The topological polar surface area (TPSA) is 66.5 Å². The molecule has 1 fully saturated rings. The summed E-state index contributed by atoms with van der Waals surface area (Å²) in [6.45, 7) is 7.19. The number of nitrogens with zero attached hydrogens (tertiary/aromatic N) is 1. The van der Waals surface area contributed by atoms with Gasteiger partial charge in [-0.05, 0) is 49.9 Å². The van der Waals surface area contributed by atoms with Crippen LogP contribution in [0.4, 0.5) is 0 Å². The Hall–Kier alpha value is -1.40. The first kappa shape index (κ1) is 17.0. The summed E-state index contributed by atoms with van der Waals surface area (Å²) in [6.07, 6.45) is 1.82. The van der Waals surface area contributed by atoms with Crippen molar-refractivity contribution in [2.45, 2.75) is 44.6 Å². The van der Waals surface area contributed by atoms with Crippen molar-refractivity contribution in [3.63, 3.8) is 0 Å². The predicted molar refractivity (Wildman–Crippen MR) is 86.2 cm³/mol. The first-order valence-electron chi connectivity index (χ1n) is 7.73. The number of nitrogens with one attached hydrogen (secondary N) is 1. The van der Waals surface area contributed by atoms with Crippen LogP contribution in [0.5, 0.6) is 0 Å². The van der Waals surface area contributed by atoms with Crippen molar-refractivity contribution in [3.05, 3.63) is 29.8 Å². The fraction of sp³-hybridized carbons (Fsp3) is 0.562. The second-order valence-electron chi connectivity index (χ2n) is 6.14. The van der Waals surface area contributed by atoms with E-state index in [1.54, 1.807) is 12.1 Å². The maximum Gasteiger partial charge on any atom is 0.251 e. The highest BCUT2D eigenvalue weighted by Crippen LogP contribution is 2.21. The van der Waals surface area contributed by atoms with E-state index in [0.717, 1.165) is 12.8 Å². The fourth-order valence-electron chi connectivity index (χ4n) is 2.31. The van der Waals surface area contributed by atoms with Gasteiger partial charge in [0.15, 0.2) is 0 Å². The van der Waals surface area contributed by atoms with Gasteiger partial charge >= 0.3 is 0 Å². The molecule has 1 aromatic rings. The van der Waals surface area contributed by atoms with E-state index in [-0.39, 0.29) is 16.8 Å². The third-order valence-electron chi connectivity index (χ3n) is 4.18. The fourth-order valence-corrected chi connectivity index (χ4v) is 3.83. The molecule has 22 heavy (non-hydrogen) atoms. The highest BCUT2D eigenvalue weighted by molar-refractivity contribution is 7.89. The van der Waals surface area contributed by atoms with Crippen LogP contribution in [-0.4, -0.2) is 37.8 Å². The molecule has 1 N–H and O–H groups in total. The van der Waals surface area contributed by atoms with E-state index in [4.69, 9.17) is 0 Å². The Morgan fingerprint density at radius 2 is 1.64 bits per heavy atom. The van der Waals surface area contributed by atoms with Gasteiger partial charge in [0, 0.05) is 24.7 Å². The number of carbonyl (C=O) groups excluding carboxylic acids is 1. The summed E-state index contributed by atoms with van der Waals surface area (Å²) in [6, 6.07) is 6.25. The lowest BCUT2D eigenvalue weighted by Crippen LogP contribution is -2.36. The molecular formula is C16H24N2O3S. The lowest BCUT2D eigenvalue weighted by molar-refractivity contribution is 0.0930. The molecule has 1 aromatic carbocycles. The first-order valence-corrected chi connectivity index (χ1v) is 9.17. The van der Waals surface area contributed by atoms with Crippen molar-refractivity contribution in [2.24, 2.45) is 5.92 Å². The van der Waals surface area contributed by atoms with E-state index in [2.05, 4.69) is 5.32 Å². The molecule has 0 radical (unpaired) electrons. The molecule has 1 saturated heterocycles. The molecule has 1 heterocycles. The predicted octanol–water partition coefficient (Wildman–Crippen LogP) is 2.25. The van der Waals surface area contributed by atoms with Crippen LogP contribution in [0.3, 0.4) is 0 Å². The number of benzene rings is 1. The zero-order chi connectivity index (χ0) is 16.3. The maximum atomic E-state index is 12.4. The summed E-state index contributed by atoms with van der Waals surface area (Å²) in [4.78, 5) is 12.4. The van der Waals surface area contributed by atoms with Gasteiger partial charge in [-0.1, -0.05) is 13.8 Å². The Morgan fingerprint density at radius 1 is 1.09 bits per heavy atom. The normalized spacial score (nSPS) is 17.6. The number of carbonyl (C=O) groups is 1. The van der Waals surface area contributed by atoms with Gasteiger partial charge in [-0.25, -0.2) is 8.42 Å². The number of amides is 1. The molecule has 1 atom stereocenters. The average molecular weight is 324 g/mol. The van der Waals surface area contributed by atoms with E-state index in [1.165, 1.54) is 16.4 Å². The minimum atomic E-state index is -3.42. The van der Waals surface area contributed by atoms with Crippen molar-refractivity contribution < 1.29 is 13.2 Å². The van der Waals surface area contributed by atoms with Gasteiger partial charge in [-0.15, -0.1) is 0 Å². The van der Waals surface area contributed by atoms with Crippen LogP contribution in [0.2, 0.25) is 0 Å². The molecular weight excluding hydrogens is 300 g/mol. The quantitative estimate of drug-likeness (QED) is 0.903. The van der Waals surface area contributed by atoms with E-state index in [9.17, 15) is 13.2 Å². The molecule has 0 saturated carbocycles. The highest BCUT2D eigenvalue weighted by Gasteiger charge is 2.27. The summed E-state index contributed by atoms with van der Waals surface area (Å²) in [5.41, 5.74) is 0.480. The minimum Gasteiger partial charge on any atom is -0.349 e. The Morgan fingerprint density at radius 3 is 2.14 bits per heavy atom. The smallest absolute Gasteiger partial charge is 0.251 e. The number of rotatable bonds is 5. The van der Waals surface area contributed by atoms with E-state index >= 15 is 0 Å². The van der Waals surface area contributed by atoms with Crippen molar-refractivity contribution >= 4 is 15.9 Å². The van der Waals surface area contributed by atoms with Crippen molar-refractivity contribution in [1.82, 2.24) is 9.62 Å². The monoisotopic (exact) mass is 324 g/mol. The van der Waals surface area contributed by atoms with Crippen molar-refractivity contribution in [1.29, 1.82) is 0 Å². The van der Waals surface area contributed by atoms with Gasteiger partial charge in [-0.3, -0.25) is 4.79 Å². The zero-order valence-electron chi connectivity index (χ0n) is 13.4. The molecule has 1 amide bonds. The molecule has 5 nitrogen and oxygen atoms in total. The molecule has 1 aliphatic heterocycles. The van der Waals surface area contributed by atoms with Crippen LogP contribution >= 0.6 is 0 Å². The molecule has 6 heteroatoms. The Kier molecular flexibility index (Phi) is 5.24. The highest BCUT2D eigenvalue weighted by atomic mass is 32.2.